The van der Waals surface area contributed by atoms with Crippen LogP contribution >= 0.6 is 21.6 Å². The third-order valence-electron chi connectivity index (χ3n) is 7.75. The van der Waals surface area contributed by atoms with E-state index in [1.165, 1.54) is 114 Å². The molecular formula is C38H58O4S2. The average Bonchev–Trinajstić information content (AvgIpc) is 3.03. The fourth-order valence-electron chi connectivity index (χ4n) is 5.15. The third-order valence-corrected chi connectivity index (χ3v) is 10.3. The first-order chi connectivity index (χ1) is 21.7. The highest BCUT2D eigenvalue weighted by atomic mass is 33.1. The van der Waals surface area contributed by atoms with Crippen LogP contribution in [-0.2, 0) is 9.59 Å². The maximum atomic E-state index is 11.9. The second kappa shape index (κ2) is 28.5. The summed E-state index contributed by atoms with van der Waals surface area (Å²) >= 11 is 0. The molecule has 0 aliphatic rings. The summed E-state index contributed by atoms with van der Waals surface area (Å²) in [5, 5.41) is 0. The number of carbonyl (C=O) groups excluding carboxylic acids is 2. The number of ether oxygens (including phenoxy) is 2. The SMILES string of the molecule is O=C(CCCCCCCCCCCCSSCCCCCCCCCCCCC(=O)Oc1ccccc1)Oc1ccccc1. The summed E-state index contributed by atoms with van der Waals surface area (Å²) in [6.45, 7) is 0. The molecule has 0 atom stereocenters. The smallest absolute Gasteiger partial charge is 0.311 e. The van der Waals surface area contributed by atoms with Crippen molar-refractivity contribution in [3.63, 3.8) is 0 Å². The highest BCUT2D eigenvalue weighted by molar-refractivity contribution is 8.76. The second-order valence-electron chi connectivity index (χ2n) is 11.8. The van der Waals surface area contributed by atoms with Gasteiger partial charge in [-0.1, -0.05) is 161 Å². The maximum Gasteiger partial charge on any atom is 0.311 e. The Morgan fingerprint density at radius 3 is 0.977 bits per heavy atom. The molecule has 0 radical (unpaired) electrons. The van der Waals surface area contributed by atoms with E-state index >= 15 is 0 Å². The molecule has 0 saturated carbocycles. The topological polar surface area (TPSA) is 52.6 Å². The number of para-hydroxylation sites is 2. The highest BCUT2D eigenvalue weighted by Crippen LogP contribution is 2.25. The lowest BCUT2D eigenvalue weighted by atomic mass is 10.1. The zero-order chi connectivity index (χ0) is 31.2. The van der Waals surface area contributed by atoms with Crippen molar-refractivity contribution in [2.75, 3.05) is 11.5 Å². The fourth-order valence-corrected chi connectivity index (χ4v) is 7.44. The molecule has 0 unspecified atom stereocenters. The van der Waals surface area contributed by atoms with Crippen molar-refractivity contribution in [3.05, 3.63) is 60.7 Å². The van der Waals surface area contributed by atoms with Gasteiger partial charge in [-0.25, -0.2) is 0 Å². The molecule has 0 saturated heterocycles. The number of esters is 2. The van der Waals surface area contributed by atoms with Crippen molar-refractivity contribution in [3.8, 4) is 11.5 Å². The van der Waals surface area contributed by atoms with Crippen LogP contribution in [-0.4, -0.2) is 23.4 Å². The third kappa shape index (κ3) is 23.5. The quantitative estimate of drug-likeness (QED) is 0.0381. The van der Waals surface area contributed by atoms with Gasteiger partial charge in [0, 0.05) is 24.3 Å². The summed E-state index contributed by atoms with van der Waals surface area (Å²) in [6.07, 6.45) is 26.5. The Balaban J connectivity index is 1.18. The van der Waals surface area contributed by atoms with Gasteiger partial charge in [0.1, 0.15) is 11.5 Å². The van der Waals surface area contributed by atoms with Gasteiger partial charge < -0.3 is 9.47 Å². The van der Waals surface area contributed by atoms with Crippen LogP contribution in [0.4, 0.5) is 0 Å². The van der Waals surface area contributed by atoms with Crippen molar-refractivity contribution in [1.29, 1.82) is 0 Å². The van der Waals surface area contributed by atoms with Crippen LogP contribution in [0.2, 0.25) is 0 Å². The largest absolute Gasteiger partial charge is 0.427 e. The number of hydrogen-bond acceptors (Lipinski definition) is 6. The van der Waals surface area contributed by atoms with E-state index < -0.39 is 0 Å². The molecule has 246 valence electrons. The number of benzene rings is 2. The average molecular weight is 643 g/mol. The molecule has 0 aliphatic carbocycles. The highest BCUT2D eigenvalue weighted by Gasteiger charge is 2.05. The van der Waals surface area contributed by atoms with E-state index in [-0.39, 0.29) is 11.9 Å². The molecule has 6 heteroatoms. The fraction of sp³-hybridized carbons (Fsp3) is 0.632. The molecule has 0 fully saturated rings. The summed E-state index contributed by atoms with van der Waals surface area (Å²) in [4.78, 5) is 23.7. The minimum absolute atomic E-state index is 0.115. The van der Waals surface area contributed by atoms with Gasteiger partial charge in [0.15, 0.2) is 0 Å². The van der Waals surface area contributed by atoms with Gasteiger partial charge in [-0.2, -0.15) is 0 Å². The predicted octanol–water partition coefficient (Wildman–Crippen LogP) is 12.2. The Hall–Kier alpha value is -1.92. The summed E-state index contributed by atoms with van der Waals surface area (Å²) < 4.78 is 10.7. The number of rotatable bonds is 29. The first-order valence-electron chi connectivity index (χ1n) is 17.5. The molecule has 2 aromatic carbocycles. The minimum atomic E-state index is -0.115. The van der Waals surface area contributed by atoms with Gasteiger partial charge in [-0.15, -0.1) is 0 Å². The Kier molecular flexibility index (Phi) is 24.8. The lowest BCUT2D eigenvalue weighted by Gasteiger charge is -2.05. The second-order valence-corrected chi connectivity index (χ2v) is 14.5. The standard InChI is InChI=1S/C38H58O4S2/c39-37(41-35-27-19-17-20-28-35)31-23-13-9-5-1-3-7-11-15-25-33-43-44-34-26-16-12-8-4-2-6-10-14-24-32-38(40)42-36-29-21-18-22-30-36/h17-22,27-30H,1-16,23-26,31-34H2. The van der Waals surface area contributed by atoms with E-state index in [1.807, 2.05) is 60.7 Å². The number of carbonyl (C=O) groups is 2. The van der Waals surface area contributed by atoms with Crippen molar-refractivity contribution < 1.29 is 19.1 Å². The van der Waals surface area contributed by atoms with Crippen LogP contribution in [0.1, 0.15) is 141 Å². The van der Waals surface area contributed by atoms with Gasteiger partial charge in [0.2, 0.25) is 0 Å². The van der Waals surface area contributed by atoms with Crippen LogP contribution in [0.15, 0.2) is 60.7 Å². The first kappa shape index (κ1) is 38.3. The molecule has 0 aromatic heterocycles. The normalized spacial score (nSPS) is 11.0. The zero-order valence-corrected chi connectivity index (χ0v) is 28.8. The molecule has 0 aliphatic heterocycles. The lowest BCUT2D eigenvalue weighted by molar-refractivity contribution is -0.135. The van der Waals surface area contributed by atoms with Gasteiger partial charge >= 0.3 is 11.9 Å². The van der Waals surface area contributed by atoms with Crippen molar-refractivity contribution in [2.45, 2.75) is 141 Å². The molecule has 0 bridgehead atoms. The van der Waals surface area contributed by atoms with Crippen LogP contribution in [0.25, 0.3) is 0 Å². The Morgan fingerprint density at radius 2 is 0.659 bits per heavy atom. The Morgan fingerprint density at radius 1 is 0.386 bits per heavy atom. The summed E-state index contributed by atoms with van der Waals surface area (Å²) in [7, 11) is 4.15. The van der Waals surface area contributed by atoms with E-state index in [4.69, 9.17) is 9.47 Å². The zero-order valence-electron chi connectivity index (χ0n) is 27.2. The van der Waals surface area contributed by atoms with Crippen LogP contribution in [0, 0.1) is 0 Å². The monoisotopic (exact) mass is 642 g/mol. The van der Waals surface area contributed by atoms with Crippen LogP contribution < -0.4 is 9.47 Å². The molecule has 2 rings (SSSR count). The summed E-state index contributed by atoms with van der Waals surface area (Å²) in [6, 6.07) is 18.7. The van der Waals surface area contributed by atoms with E-state index in [9.17, 15) is 9.59 Å². The van der Waals surface area contributed by atoms with Crippen molar-refractivity contribution >= 4 is 33.5 Å². The van der Waals surface area contributed by atoms with E-state index in [0.29, 0.717) is 24.3 Å². The van der Waals surface area contributed by atoms with Gasteiger partial charge in [-0.05, 0) is 49.9 Å². The van der Waals surface area contributed by atoms with E-state index in [2.05, 4.69) is 21.6 Å². The van der Waals surface area contributed by atoms with Crippen molar-refractivity contribution in [2.24, 2.45) is 0 Å². The molecular weight excluding hydrogens is 585 g/mol. The molecule has 0 heterocycles. The molecule has 2 aromatic rings. The first-order valence-corrected chi connectivity index (χ1v) is 20.0. The lowest BCUT2D eigenvalue weighted by Crippen LogP contribution is -2.07. The number of unbranched alkanes of at least 4 members (excludes halogenated alkanes) is 18. The van der Waals surface area contributed by atoms with Crippen molar-refractivity contribution in [1.82, 2.24) is 0 Å². The molecule has 0 N–H and O–H groups in total. The Labute approximate surface area is 276 Å². The maximum absolute atomic E-state index is 11.9. The van der Waals surface area contributed by atoms with E-state index in [0.717, 1.165) is 25.7 Å². The van der Waals surface area contributed by atoms with Gasteiger partial charge in [-0.3, -0.25) is 9.59 Å². The predicted molar refractivity (Wildman–Crippen MR) is 191 cm³/mol. The minimum Gasteiger partial charge on any atom is -0.427 e. The van der Waals surface area contributed by atoms with E-state index in [1.54, 1.807) is 0 Å². The number of hydrogen-bond donors (Lipinski definition) is 0. The Bertz CT molecular complexity index is 861. The summed E-state index contributed by atoms with van der Waals surface area (Å²) in [5.41, 5.74) is 0. The van der Waals surface area contributed by atoms with Crippen LogP contribution in [0.5, 0.6) is 11.5 Å². The summed E-state index contributed by atoms with van der Waals surface area (Å²) in [5.74, 6) is 3.65. The van der Waals surface area contributed by atoms with Gasteiger partial charge in [0.05, 0.1) is 0 Å². The molecule has 44 heavy (non-hydrogen) atoms. The van der Waals surface area contributed by atoms with Crippen LogP contribution in [0.3, 0.4) is 0 Å². The molecule has 0 amide bonds. The molecule has 4 nitrogen and oxygen atoms in total. The molecule has 0 spiro atoms. The van der Waals surface area contributed by atoms with Gasteiger partial charge in [0.25, 0.3) is 0 Å².